The van der Waals surface area contributed by atoms with Gasteiger partial charge in [-0.3, -0.25) is 9.59 Å². The predicted octanol–water partition coefficient (Wildman–Crippen LogP) is 10.0. The molecular weight excluding hydrogens is 510 g/mol. The van der Waals surface area contributed by atoms with Crippen molar-refractivity contribution in [3.05, 3.63) is 0 Å². The number of hydrogen-bond acceptors (Lipinski definition) is 5. The summed E-state index contributed by atoms with van der Waals surface area (Å²) in [6.45, 7) is 9.05. The molecule has 0 aromatic rings. The zero-order chi connectivity index (χ0) is 30.0. The molecule has 0 bridgehead atoms. The van der Waals surface area contributed by atoms with Crippen molar-refractivity contribution in [2.24, 2.45) is 11.8 Å². The van der Waals surface area contributed by atoms with Crippen LogP contribution >= 0.6 is 0 Å². The van der Waals surface area contributed by atoms with Crippen LogP contribution in [0.2, 0.25) is 0 Å². The summed E-state index contributed by atoms with van der Waals surface area (Å²) in [6.07, 6.45) is 27.0. The molecule has 0 saturated carbocycles. The number of nitrogens with zero attached hydrogens (tertiary/aromatic N) is 1. The fourth-order valence-corrected chi connectivity index (χ4v) is 6.08. The molecule has 1 aliphatic heterocycles. The van der Waals surface area contributed by atoms with Crippen molar-refractivity contribution in [1.29, 1.82) is 0 Å². The zero-order valence-electron chi connectivity index (χ0n) is 27.9. The van der Waals surface area contributed by atoms with E-state index < -0.39 is 0 Å². The summed E-state index contributed by atoms with van der Waals surface area (Å²) in [6, 6.07) is 0. The Hall–Kier alpha value is -1.10. The van der Waals surface area contributed by atoms with Gasteiger partial charge in [0, 0.05) is 6.42 Å². The number of carbonyl (C=O) groups is 2. The Morgan fingerprint density at radius 2 is 1.10 bits per heavy atom. The molecule has 41 heavy (non-hydrogen) atoms. The topological polar surface area (TPSA) is 55.8 Å². The van der Waals surface area contributed by atoms with Gasteiger partial charge in [-0.2, -0.15) is 0 Å². The number of ether oxygens (including phenoxy) is 2. The lowest BCUT2D eigenvalue weighted by Gasteiger charge is -2.28. The molecule has 2 atom stereocenters. The molecule has 1 fully saturated rings. The van der Waals surface area contributed by atoms with Gasteiger partial charge in [0.05, 0.1) is 5.92 Å². The maximum atomic E-state index is 13.2. The normalized spacial score (nSPS) is 16.0. The molecule has 0 amide bonds. The number of hydrogen-bond donors (Lipinski definition) is 0. The number of unbranched alkanes of at least 4 members (excludes halogenated alkanes) is 15. The van der Waals surface area contributed by atoms with E-state index in [2.05, 4.69) is 32.7 Å². The van der Waals surface area contributed by atoms with Crippen molar-refractivity contribution in [2.45, 2.75) is 181 Å². The summed E-state index contributed by atoms with van der Waals surface area (Å²) < 4.78 is 11.9. The molecule has 5 heteroatoms. The van der Waals surface area contributed by atoms with Gasteiger partial charge in [0.25, 0.3) is 0 Å². The molecule has 0 aliphatic carbocycles. The molecule has 242 valence electrons. The van der Waals surface area contributed by atoms with E-state index in [1.165, 1.54) is 89.9 Å². The van der Waals surface area contributed by atoms with Gasteiger partial charge in [0.15, 0.2) is 0 Å². The molecule has 5 nitrogen and oxygen atoms in total. The molecule has 0 aromatic heterocycles. The Labute approximate surface area is 255 Å². The number of rotatable bonds is 27. The Morgan fingerprint density at radius 1 is 0.659 bits per heavy atom. The van der Waals surface area contributed by atoms with Gasteiger partial charge >= 0.3 is 11.9 Å². The van der Waals surface area contributed by atoms with Crippen LogP contribution < -0.4 is 0 Å². The fourth-order valence-electron chi connectivity index (χ4n) is 6.08. The molecule has 0 spiro atoms. The van der Waals surface area contributed by atoms with Crippen LogP contribution in [-0.4, -0.2) is 49.7 Å². The van der Waals surface area contributed by atoms with E-state index in [0.717, 1.165) is 70.9 Å². The first kappa shape index (κ1) is 37.9. The summed E-state index contributed by atoms with van der Waals surface area (Å²) in [5.74, 6) is 0.220. The molecule has 1 heterocycles. The predicted molar refractivity (Wildman–Crippen MR) is 173 cm³/mol. The van der Waals surface area contributed by atoms with E-state index in [1.807, 2.05) is 0 Å². The summed E-state index contributed by atoms with van der Waals surface area (Å²) in [4.78, 5) is 28.5. The lowest BCUT2D eigenvalue weighted by atomic mass is 9.94. The van der Waals surface area contributed by atoms with Crippen LogP contribution in [0.4, 0.5) is 0 Å². The van der Waals surface area contributed by atoms with E-state index in [9.17, 15) is 9.59 Å². The Balaban J connectivity index is 2.59. The number of piperidine rings is 1. The van der Waals surface area contributed by atoms with Crippen LogP contribution in [0.5, 0.6) is 0 Å². The first-order chi connectivity index (χ1) is 20.0. The lowest BCUT2D eigenvalue weighted by Crippen LogP contribution is -2.32. The number of likely N-dealkylation sites (tertiary alicyclic amines) is 1. The van der Waals surface area contributed by atoms with Gasteiger partial charge in [-0.15, -0.1) is 0 Å². The molecule has 2 unspecified atom stereocenters. The van der Waals surface area contributed by atoms with Gasteiger partial charge < -0.3 is 14.4 Å². The first-order valence-corrected chi connectivity index (χ1v) is 18.0. The zero-order valence-corrected chi connectivity index (χ0v) is 27.9. The minimum absolute atomic E-state index is 0.0169. The highest BCUT2D eigenvalue weighted by molar-refractivity contribution is 5.72. The quantitative estimate of drug-likeness (QED) is 0.0716. The number of carbonyl (C=O) groups excluding carboxylic acids is 2. The second kappa shape index (κ2) is 26.5. The van der Waals surface area contributed by atoms with Crippen LogP contribution in [0.25, 0.3) is 0 Å². The van der Waals surface area contributed by atoms with Crippen molar-refractivity contribution < 1.29 is 19.1 Å². The van der Waals surface area contributed by atoms with Crippen molar-refractivity contribution >= 4 is 11.9 Å². The van der Waals surface area contributed by atoms with Crippen LogP contribution in [0, 0.1) is 11.8 Å². The molecule has 1 rings (SSSR count). The Bertz CT molecular complexity index is 617. The summed E-state index contributed by atoms with van der Waals surface area (Å²) >= 11 is 0. The smallest absolute Gasteiger partial charge is 0.309 e. The van der Waals surface area contributed by atoms with E-state index in [-0.39, 0.29) is 30.6 Å². The number of esters is 2. The first-order valence-electron chi connectivity index (χ1n) is 18.0. The highest BCUT2D eigenvalue weighted by Gasteiger charge is 2.25. The monoisotopic (exact) mass is 580 g/mol. The third kappa shape index (κ3) is 21.3. The molecule has 0 radical (unpaired) electrons. The molecule has 1 aliphatic rings. The second-order valence-corrected chi connectivity index (χ2v) is 13.1. The lowest BCUT2D eigenvalue weighted by molar-refractivity contribution is -0.163. The summed E-state index contributed by atoms with van der Waals surface area (Å²) in [5.41, 5.74) is 0. The average Bonchev–Trinajstić information content (AvgIpc) is 2.96. The van der Waals surface area contributed by atoms with Crippen LogP contribution in [0.3, 0.4) is 0 Å². The van der Waals surface area contributed by atoms with Gasteiger partial charge in [0.2, 0.25) is 0 Å². The fraction of sp³-hybridized carbons (Fsp3) is 0.944. The summed E-state index contributed by atoms with van der Waals surface area (Å²) in [5, 5.41) is 0. The van der Waals surface area contributed by atoms with Gasteiger partial charge in [-0.25, -0.2) is 0 Å². The Morgan fingerprint density at radius 3 is 1.61 bits per heavy atom. The SMILES string of the molecule is CCCCCCCCCCC(COC(=O)C(CCCCCC)CCCCCCCC)OC(=O)CC1CCN(C)CC1. The minimum Gasteiger partial charge on any atom is -0.462 e. The largest absolute Gasteiger partial charge is 0.462 e. The second-order valence-electron chi connectivity index (χ2n) is 13.1. The molecule has 0 N–H and O–H groups in total. The van der Waals surface area contributed by atoms with Crippen LogP contribution in [0.15, 0.2) is 0 Å². The molecule has 0 aromatic carbocycles. The van der Waals surface area contributed by atoms with Crippen molar-refractivity contribution in [2.75, 3.05) is 26.7 Å². The molecule has 1 saturated heterocycles. The van der Waals surface area contributed by atoms with Crippen LogP contribution in [-0.2, 0) is 19.1 Å². The summed E-state index contributed by atoms with van der Waals surface area (Å²) in [7, 11) is 2.15. The van der Waals surface area contributed by atoms with E-state index in [0.29, 0.717) is 12.3 Å². The third-order valence-corrected chi connectivity index (χ3v) is 9.03. The minimum atomic E-state index is -0.312. The maximum absolute atomic E-state index is 13.2. The van der Waals surface area contributed by atoms with Gasteiger partial charge in [-0.1, -0.05) is 130 Å². The Kier molecular flexibility index (Phi) is 24.5. The van der Waals surface area contributed by atoms with Crippen LogP contribution in [0.1, 0.15) is 175 Å². The van der Waals surface area contributed by atoms with Crippen molar-refractivity contribution in [1.82, 2.24) is 4.90 Å². The van der Waals surface area contributed by atoms with Gasteiger partial charge in [-0.05, 0) is 64.6 Å². The molecular formula is C36H69NO4. The van der Waals surface area contributed by atoms with E-state index in [1.54, 1.807) is 0 Å². The van der Waals surface area contributed by atoms with Crippen molar-refractivity contribution in [3.63, 3.8) is 0 Å². The average molecular weight is 580 g/mol. The third-order valence-electron chi connectivity index (χ3n) is 9.03. The van der Waals surface area contributed by atoms with Crippen molar-refractivity contribution in [3.8, 4) is 0 Å². The standard InChI is InChI=1S/C36H69NO4/c1-5-8-11-14-16-17-19-22-25-34(41-35(38)30-32-26-28-37(4)29-27-32)31-40-36(39)33(23-20-13-10-7-3)24-21-18-15-12-9-6-2/h32-34H,5-31H2,1-4H3. The highest BCUT2D eigenvalue weighted by atomic mass is 16.6. The van der Waals surface area contributed by atoms with E-state index in [4.69, 9.17) is 9.47 Å². The maximum Gasteiger partial charge on any atom is 0.309 e. The van der Waals surface area contributed by atoms with E-state index >= 15 is 0 Å². The van der Waals surface area contributed by atoms with Gasteiger partial charge in [0.1, 0.15) is 12.7 Å². The highest BCUT2D eigenvalue weighted by Crippen LogP contribution is 2.23.